The van der Waals surface area contributed by atoms with Gasteiger partial charge in [0.2, 0.25) is 17.7 Å². The van der Waals surface area contributed by atoms with E-state index in [0.29, 0.717) is 35.8 Å². The Morgan fingerprint density at radius 2 is 1.96 bits per heavy atom. The summed E-state index contributed by atoms with van der Waals surface area (Å²) in [7, 11) is 0. The van der Waals surface area contributed by atoms with Crippen LogP contribution in [-0.2, 0) is 13.1 Å². The third-order valence-electron chi connectivity index (χ3n) is 4.14. The Labute approximate surface area is 171 Å². The highest BCUT2D eigenvalue weighted by atomic mass is 35.5. The Morgan fingerprint density at radius 3 is 2.75 bits per heavy atom. The van der Waals surface area contributed by atoms with E-state index in [-0.39, 0.29) is 0 Å². The maximum Gasteiger partial charge on any atom is 0.249 e. The highest BCUT2D eigenvalue weighted by Gasteiger charge is 2.16. The number of benzene rings is 1. The molecule has 0 bridgehead atoms. The first-order chi connectivity index (χ1) is 13.7. The summed E-state index contributed by atoms with van der Waals surface area (Å²) in [6, 6.07) is 11.4. The number of hydrogen-bond donors (Lipinski definition) is 0. The van der Waals surface area contributed by atoms with Crippen LogP contribution in [0.3, 0.4) is 0 Å². The standard InChI is InChI=1S/C20H19ClN4O2S/c1-2-9-25(11-14-13-26-20(22-14)17-8-5-10-28-17)12-18-23-24-19(27-18)15-6-3-4-7-16(15)21/h3-8,10,13H,2,9,11-12H2,1H3. The summed E-state index contributed by atoms with van der Waals surface area (Å²) in [5.41, 5.74) is 1.62. The van der Waals surface area contributed by atoms with E-state index in [1.807, 2.05) is 35.7 Å². The van der Waals surface area contributed by atoms with Gasteiger partial charge in [0.05, 0.1) is 27.7 Å². The van der Waals surface area contributed by atoms with Crippen molar-refractivity contribution in [2.45, 2.75) is 26.4 Å². The second-order valence-corrected chi connectivity index (χ2v) is 7.67. The molecule has 8 heteroatoms. The van der Waals surface area contributed by atoms with E-state index in [0.717, 1.165) is 29.1 Å². The zero-order valence-corrected chi connectivity index (χ0v) is 16.9. The molecule has 0 saturated carbocycles. The van der Waals surface area contributed by atoms with Crippen molar-refractivity contribution < 1.29 is 8.83 Å². The minimum atomic E-state index is 0.429. The van der Waals surface area contributed by atoms with Crippen LogP contribution >= 0.6 is 22.9 Å². The minimum Gasteiger partial charge on any atom is -0.444 e. The zero-order chi connectivity index (χ0) is 19.3. The van der Waals surface area contributed by atoms with E-state index in [1.165, 1.54) is 0 Å². The third kappa shape index (κ3) is 4.32. The van der Waals surface area contributed by atoms with Gasteiger partial charge in [0.1, 0.15) is 6.26 Å². The molecular formula is C20H19ClN4O2S. The molecule has 0 aliphatic rings. The Morgan fingerprint density at radius 1 is 1.07 bits per heavy atom. The number of thiophene rings is 1. The molecule has 0 spiro atoms. The summed E-state index contributed by atoms with van der Waals surface area (Å²) < 4.78 is 11.5. The van der Waals surface area contributed by atoms with Crippen LogP contribution in [0, 0.1) is 0 Å². The largest absolute Gasteiger partial charge is 0.444 e. The van der Waals surface area contributed by atoms with Crippen LogP contribution in [0.25, 0.3) is 22.2 Å². The van der Waals surface area contributed by atoms with Crippen molar-refractivity contribution in [2.24, 2.45) is 0 Å². The molecule has 0 fully saturated rings. The molecule has 4 rings (SSSR count). The molecule has 144 valence electrons. The first kappa shape index (κ1) is 18.9. The number of halogens is 1. The maximum atomic E-state index is 6.22. The lowest BCUT2D eigenvalue weighted by molar-refractivity contribution is 0.229. The quantitative estimate of drug-likeness (QED) is 0.378. The van der Waals surface area contributed by atoms with Crippen molar-refractivity contribution in [3.8, 4) is 22.2 Å². The van der Waals surface area contributed by atoms with Gasteiger partial charge in [-0.15, -0.1) is 21.5 Å². The lowest BCUT2D eigenvalue weighted by Crippen LogP contribution is -2.24. The molecule has 0 radical (unpaired) electrons. The number of oxazole rings is 1. The van der Waals surface area contributed by atoms with Crippen LogP contribution in [-0.4, -0.2) is 26.6 Å². The van der Waals surface area contributed by atoms with Gasteiger partial charge in [-0.1, -0.05) is 36.7 Å². The molecule has 0 aliphatic carbocycles. The highest BCUT2D eigenvalue weighted by molar-refractivity contribution is 7.13. The minimum absolute atomic E-state index is 0.429. The molecule has 6 nitrogen and oxygen atoms in total. The molecule has 3 aromatic heterocycles. The fourth-order valence-electron chi connectivity index (χ4n) is 2.90. The van der Waals surface area contributed by atoms with Gasteiger partial charge in [-0.05, 0) is 36.5 Å². The molecule has 1 aromatic carbocycles. The summed E-state index contributed by atoms with van der Waals surface area (Å²) in [6.45, 7) is 4.19. The Kier molecular flexibility index (Phi) is 5.85. The van der Waals surface area contributed by atoms with Crippen molar-refractivity contribution >= 4 is 22.9 Å². The highest BCUT2D eigenvalue weighted by Crippen LogP contribution is 2.27. The van der Waals surface area contributed by atoms with Crippen LogP contribution < -0.4 is 0 Å². The first-order valence-electron chi connectivity index (χ1n) is 9.01. The molecule has 0 N–H and O–H groups in total. The second kappa shape index (κ2) is 8.68. The molecule has 0 unspecified atom stereocenters. The van der Waals surface area contributed by atoms with Gasteiger partial charge in [0.15, 0.2) is 0 Å². The SMILES string of the molecule is CCCN(Cc1coc(-c2cccs2)n1)Cc1nnc(-c2ccccc2Cl)o1. The molecule has 0 aliphatic heterocycles. The van der Waals surface area contributed by atoms with Crippen molar-refractivity contribution in [1.82, 2.24) is 20.1 Å². The van der Waals surface area contributed by atoms with Crippen molar-refractivity contribution in [2.75, 3.05) is 6.54 Å². The monoisotopic (exact) mass is 414 g/mol. The van der Waals surface area contributed by atoms with Crippen molar-refractivity contribution in [3.63, 3.8) is 0 Å². The molecule has 0 amide bonds. The van der Waals surface area contributed by atoms with Crippen LogP contribution in [0.15, 0.2) is 56.9 Å². The molecule has 28 heavy (non-hydrogen) atoms. The van der Waals surface area contributed by atoms with Gasteiger partial charge in [-0.3, -0.25) is 4.90 Å². The van der Waals surface area contributed by atoms with E-state index in [1.54, 1.807) is 23.7 Å². The van der Waals surface area contributed by atoms with E-state index in [9.17, 15) is 0 Å². The van der Waals surface area contributed by atoms with Gasteiger partial charge >= 0.3 is 0 Å². The maximum absolute atomic E-state index is 6.22. The third-order valence-corrected chi connectivity index (χ3v) is 5.33. The normalized spacial score (nSPS) is 11.4. The van der Waals surface area contributed by atoms with Crippen LogP contribution in [0.1, 0.15) is 24.9 Å². The molecule has 3 heterocycles. The molecule has 0 atom stereocenters. The summed E-state index contributed by atoms with van der Waals surface area (Å²) in [6.07, 6.45) is 2.71. The smallest absolute Gasteiger partial charge is 0.249 e. The van der Waals surface area contributed by atoms with E-state index in [2.05, 4.69) is 27.0 Å². The summed E-state index contributed by atoms with van der Waals surface area (Å²) in [5, 5.41) is 10.9. The lowest BCUT2D eigenvalue weighted by Gasteiger charge is -2.17. The van der Waals surface area contributed by atoms with Crippen molar-refractivity contribution in [3.05, 3.63) is 64.6 Å². The van der Waals surface area contributed by atoms with Gasteiger partial charge in [-0.25, -0.2) is 4.98 Å². The van der Waals surface area contributed by atoms with Crippen LogP contribution in [0.4, 0.5) is 0 Å². The lowest BCUT2D eigenvalue weighted by atomic mass is 10.2. The zero-order valence-electron chi connectivity index (χ0n) is 15.3. The Bertz CT molecular complexity index is 1030. The summed E-state index contributed by atoms with van der Waals surface area (Å²) >= 11 is 7.83. The Balaban J connectivity index is 1.46. The summed E-state index contributed by atoms with van der Waals surface area (Å²) in [5.74, 6) is 1.63. The van der Waals surface area contributed by atoms with Gasteiger partial charge < -0.3 is 8.83 Å². The van der Waals surface area contributed by atoms with Crippen LogP contribution in [0.2, 0.25) is 5.02 Å². The number of rotatable bonds is 8. The number of aromatic nitrogens is 3. The van der Waals surface area contributed by atoms with Gasteiger partial charge in [-0.2, -0.15) is 0 Å². The molecule has 0 saturated heterocycles. The van der Waals surface area contributed by atoms with Crippen LogP contribution in [0.5, 0.6) is 0 Å². The fraction of sp³-hybridized carbons (Fsp3) is 0.250. The van der Waals surface area contributed by atoms with E-state index in [4.69, 9.17) is 20.4 Å². The van der Waals surface area contributed by atoms with Gasteiger partial charge in [0.25, 0.3) is 0 Å². The molecule has 4 aromatic rings. The van der Waals surface area contributed by atoms with E-state index < -0.39 is 0 Å². The van der Waals surface area contributed by atoms with E-state index >= 15 is 0 Å². The topological polar surface area (TPSA) is 68.2 Å². The predicted octanol–water partition coefficient (Wildman–Crippen LogP) is 5.52. The Hall–Kier alpha value is -2.48. The predicted molar refractivity (Wildman–Crippen MR) is 109 cm³/mol. The van der Waals surface area contributed by atoms with Crippen molar-refractivity contribution in [1.29, 1.82) is 0 Å². The fourth-order valence-corrected chi connectivity index (χ4v) is 3.78. The number of hydrogen-bond acceptors (Lipinski definition) is 7. The van der Waals surface area contributed by atoms with Gasteiger partial charge in [0, 0.05) is 6.54 Å². The first-order valence-corrected chi connectivity index (χ1v) is 10.3. The second-order valence-electron chi connectivity index (χ2n) is 6.31. The summed E-state index contributed by atoms with van der Waals surface area (Å²) in [4.78, 5) is 7.83. The number of nitrogens with zero attached hydrogens (tertiary/aromatic N) is 4. The average molecular weight is 415 g/mol. The average Bonchev–Trinajstić information content (AvgIpc) is 3.44. The molecular weight excluding hydrogens is 396 g/mol.